The van der Waals surface area contributed by atoms with Crippen molar-refractivity contribution in [1.29, 1.82) is 0 Å². The van der Waals surface area contributed by atoms with Crippen LogP contribution in [-0.2, 0) is 22.6 Å². The van der Waals surface area contributed by atoms with Crippen LogP contribution in [0.15, 0.2) is 48.8 Å². The molecule has 1 heterocycles. The van der Waals surface area contributed by atoms with E-state index in [1.165, 1.54) is 0 Å². The van der Waals surface area contributed by atoms with Crippen LogP contribution >= 0.6 is 0 Å². The molecule has 132 valence electrons. The molecule has 0 aliphatic rings. The molecule has 0 radical (unpaired) electrons. The second-order valence-electron chi connectivity index (χ2n) is 5.88. The molecule has 0 aliphatic carbocycles. The maximum atomic E-state index is 12.1. The van der Waals surface area contributed by atoms with Crippen LogP contribution < -0.4 is 10.1 Å². The predicted molar refractivity (Wildman–Crippen MR) is 93.2 cm³/mol. The molecule has 25 heavy (non-hydrogen) atoms. The molecule has 0 bridgehead atoms. The molecule has 1 amide bonds. The molecule has 2 rings (SSSR count). The normalized spacial score (nSPS) is 11.6. The lowest BCUT2D eigenvalue weighted by molar-refractivity contribution is -0.137. The number of rotatable bonds is 9. The summed E-state index contributed by atoms with van der Waals surface area (Å²) in [6.07, 6.45) is 4.13. The van der Waals surface area contributed by atoms with Crippen molar-refractivity contribution in [3.05, 3.63) is 59.9 Å². The van der Waals surface area contributed by atoms with Crippen molar-refractivity contribution in [3.8, 4) is 5.75 Å². The van der Waals surface area contributed by atoms with Gasteiger partial charge in [-0.2, -0.15) is 0 Å². The zero-order chi connectivity index (χ0) is 18.1. The smallest absolute Gasteiger partial charge is 0.303 e. The minimum Gasteiger partial charge on any atom is -0.489 e. The molecule has 0 saturated carbocycles. The first-order chi connectivity index (χ1) is 12.0. The van der Waals surface area contributed by atoms with Crippen molar-refractivity contribution >= 4 is 11.9 Å². The Morgan fingerprint density at radius 2 is 2.04 bits per heavy atom. The Morgan fingerprint density at radius 1 is 1.24 bits per heavy atom. The molecule has 6 nitrogen and oxygen atoms in total. The number of benzene rings is 1. The van der Waals surface area contributed by atoms with E-state index in [1.54, 1.807) is 19.3 Å². The molecule has 2 aromatic rings. The van der Waals surface area contributed by atoms with Gasteiger partial charge in [-0.3, -0.25) is 14.6 Å². The highest BCUT2D eigenvalue weighted by molar-refractivity contribution is 5.79. The fourth-order valence-electron chi connectivity index (χ4n) is 2.32. The number of hydrogen-bond acceptors (Lipinski definition) is 4. The van der Waals surface area contributed by atoms with Gasteiger partial charge < -0.3 is 15.2 Å². The van der Waals surface area contributed by atoms with E-state index in [2.05, 4.69) is 10.3 Å². The third kappa shape index (κ3) is 7.03. The zero-order valence-corrected chi connectivity index (χ0v) is 14.1. The van der Waals surface area contributed by atoms with E-state index in [4.69, 9.17) is 9.84 Å². The number of carboxylic acids is 1. The summed E-state index contributed by atoms with van der Waals surface area (Å²) in [7, 11) is 0. The number of carboxylic acid groups (broad SMARTS) is 1. The Hall–Kier alpha value is -2.89. The number of ether oxygens (including phenoxy) is 1. The third-order valence-electron chi connectivity index (χ3n) is 3.59. The van der Waals surface area contributed by atoms with E-state index in [0.717, 1.165) is 11.1 Å². The second kappa shape index (κ2) is 9.42. The molecule has 1 aromatic heterocycles. The third-order valence-corrected chi connectivity index (χ3v) is 3.59. The average molecular weight is 342 g/mol. The molecule has 6 heteroatoms. The van der Waals surface area contributed by atoms with Crippen molar-refractivity contribution in [2.75, 3.05) is 0 Å². The van der Waals surface area contributed by atoms with Gasteiger partial charge in [0.05, 0.1) is 6.42 Å². The number of nitrogens with one attached hydrogen (secondary N) is 1. The average Bonchev–Trinajstić information content (AvgIpc) is 2.59. The minimum atomic E-state index is -0.862. The Labute approximate surface area is 146 Å². The monoisotopic (exact) mass is 342 g/mol. The van der Waals surface area contributed by atoms with Gasteiger partial charge >= 0.3 is 5.97 Å². The highest BCUT2D eigenvalue weighted by Gasteiger charge is 2.10. The number of aliphatic carboxylic acids is 1. The van der Waals surface area contributed by atoms with Gasteiger partial charge in [-0.25, -0.2) is 0 Å². The number of nitrogens with zero attached hydrogens (tertiary/aromatic N) is 1. The van der Waals surface area contributed by atoms with Crippen LogP contribution in [0.5, 0.6) is 5.75 Å². The molecule has 0 spiro atoms. The van der Waals surface area contributed by atoms with Crippen LogP contribution in [0.4, 0.5) is 0 Å². The van der Waals surface area contributed by atoms with E-state index >= 15 is 0 Å². The molecule has 1 aromatic carbocycles. The van der Waals surface area contributed by atoms with Crippen LogP contribution in [0.1, 0.15) is 30.9 Å². The summed E-state index contributed by atoms with van der Waals surface area (Å²) in [5.74, 6) is -0.310. The zero-order valence-electron chi connectivity index (χ0n) is 14.1. The van der Waals surface area contributed by atoms with E-state index in [9.17, 15) is 9.59 Å². The molecule has 2 N–H and O–H groups in total. The maximum Gasteiger partial charge on any atom is 0.303 e. The molecule has 0 aliphatic heterocycles. The van der Waals surface area contributed by atoms with Crippen molar-refractivity contribution in [2.45, 2.75) is 38.8 Å². The summed E-state index contributed by atoms with van der Waals surface area (Å²) >= 11 is 0. The Kier molecular flexibility index (Phi) is 6.95. The molecular formula is C19H22N2O4. The van der Waals surface area contributed by atoms with Gasteiger partial charge in [-0.1, -0.05) is 18.2 Å². The fraction of sp³-hybridized carbons (Fsp3) is 0.316. The fourth-order valence-corrected chi connectivity index (χ4v) is 2.32. The van der Waals surface area contributed by atoms with Crippen LogP contribution in [-0.4, -0.2) is 28.0 Å². The van der Waals surface area contributed by atoms with Gasteiger partial charge in [0.25, 0.3) is 0 Å². The molecular weight excluding hydrogens is 320 g/mol. The number of hydrogen-bond donors (Lipinski definition) is 2. The van der Waals surface area contributed by atoms with Gasteiger partial charge in [-0.05, 0) is 37.1 Å². The van der Waals surface area contributed by atoms with Crippen molar-refractivity contribution < 1.29 is 19.4 Å². The summed E-state index contributed by atoms with van der Waals surface area (Å²) in [6.45, 7) is 2.21. The predicted octanol–water partition coefficient (Wildman–Crippen LogP) is 2.57. The molecule has 1 atom stereocenters. The lowest BCUT2D eigenvalue weighted by Gasteiger charge is -2.13. The largest absolute Gasteiger partial charge is 0.489 e. The van der Waals surface area contributed by atoms with Gasteiger partial charge in [0.1, 0.15) is 12.4 Å². The first-order valence-corrected chi connectivity index (χ1v) is 8.14. The van der Waals surface area contributed by atoms with E-state index < -0.39 is 5.97 Å². The number of pyridine rings is 1. The first kappa shape index (κ1) is 18.4. The summed E-state index contributed by atoms with van der Waals surface area (Å²) in [5, 5.41) is 11.5. The van der Waals surface area contributed by atoms with Gasteiger partial charge in [0.15, 0.2) is 0 Å². The molecule has 0 fully saturated rings. The Balaban J connectivity index is 1.83. The van der Waals surface area contributed by atoms with E-state index in [1.807, 2.05) is 36.4 Å². The summed E-state index contributed by atoms with van der Waals surface area (Å²) in [6, 6.07) is 11.0. The Morgan fingerprint density at radius 3 is 2.76 bits per heavy atom. The lowest BCUT2D eigenvalue weighted by atomic mass is 10.1. The number of carbonyl (C=O) groups is 2. The van der Waals surface area contributed by atoms with Crippen LogP contribution in [0.25, 0.3) is 0 Å². The minimum absolute atomic E-state index is 0.0408. The highest BCUT2D eigenvalue weighted by Crippen LogP contribution is 2.15. The van der Waals surface area contributed by atoms with Crippen molar-refractivity contribution in [3.63, 3.8) is 0 Å². The molecule has 1 unspecified atom stereocenters. The number of carbonyl (C=O) groups excluding carboxylic acids is 1. The van der Waals surface area contributed by atoms with Gasteiger partial charge in [0, 0.05) is 30.4 Å². The number of amides is 1. The van der Waals surface area contributed by atoms with Gasteiger partial charge in [-0.15, -0.1) is 0 Å². The first-order valence-electron chi connectivity index (χ1n) is 8.14. The topological polar surface area (TPSA) is 88.5 Å². The second-order valence-corrected chi connectivity index (χ2v) is 5.88. The summed E-state index contributed by atoms with van der Waals surface area (Å²) < 4.78 is 5.72. The molecule has 0 saturated heterocycles. The Bertz CT molecular complexity index is 704. The summed E-state index contributed by atoms with van der Waals surface area (Å²) in [5.41, 5.74) is 1.81. The summed E-state index contributed by atoms with van der Waals surface area (Å²) in [4.78, 5) is 26.6. The van der Waals surface area contributed by atoms with Crippen LogP contribution in [0, 0.1) is 0 Å². The van der Waals surface area contributed by atoms with Gasteiger partial charge in [0.2, 0.25) is 5.91 Å². The van der Waals surface area contributed by atoms with Crippen LogP contribution in [0.2, 0.25) is 0 Å². The standard InChI is InChI=1S/C19H22N2O4/c1-14(7-8-19(23)24)21-18(22)11-15-4-2-6-17(10-15)25-13-16-5-3-9-20-12-16/h2-6,9-10,12,14H,7-8,11,13H2,1H3,(H,21,22)(H,23,24). The number of aromatic nitrogens is 1. The maximum absolute atomic E-state index is 12.1. The van der Waals surface area contributed by atoms with Crippen molar-refractivity contribution in [1.82, 2.24) is 10.3 Å². The lowest BCUT2D eigenvalue weighted by Crippen LogP contribution is -2.34. The van der Waals surface area contributed by atoms with Crippen molar-refractivity contribution in [2.24, 2.45) is 0 Å². The highest BCUT2D eigenvalue weighted by atomic mass is 16.5. The van der Waals surface area contributed by atoms with Crippen LogP contribution in [0.3, 0.4) is 0 Å². The quantitative estimate of drug-likeness (QED) is 0.731. The SMILES string of the molecule is CC(CCC(=O)O)NC(=O)Cc1cccc(OCc2cccnc2)c1. The van der Waals surface area contributed by atoms with E-state index in [0.29, 0.717) is 18.8 Å². The van der Waals surface area contributed by atoms with E-state index in [-0.39, 0.29) is 24.8 Å².